The Hall–Kier alpha value is -3.15. The van der Waals surface area contributed by atoms with Gasteiger partial charge in [-0.2, -0.15) is 5.10 Å². The van der Waals surface area contributed by atoms with E-state index >= 15 is 0 Å². The van der Waals surface area contributed by atoms with Crippen molar-refractivity contribution in [3.8, 4) is 22.8 Å². The van der Waals surface area contributed by atoms with Gasteiger partial charge in [0.15, 0.2) is 5.78 Å². The topological polar surface area (TPSA) is 74.3 Å². The lowest BCUT2D eigenvalue weighted by atomic mass is 9.76. The van der Waals surface area contributed by atoms with Gasteiger partial charge in [0.1, 0.15) is 11.5 Å². The molecular formula is C22H22N2O4. The molecule has 144 valence electrons. The van der Waals surface area contributed by atoms with Crippen molar-refractivity contribution in [3.63, 3.8) is 0 Å². The van der Waals surface area contributed by atoms with Crippen LogP contribution in [0.4, 0.5) is 0 Å². The zero-order valence-electron chi connectivity index (χ0n) is 16.2. The predicted molar refractivity (Wildman–Crippen MR) is 105 cm³/mol. The van der Waals surface area contributed by atoms with Crippen molar-refractivity contribution in [2.75, 3.05) is 6.61 Å². The molecule has 1 aliphatic carbocycles. The first kappa shape index (κ1) is 18.2. The maximum atomic E-state index is 12.7. The zero-order valence-corrected chi connectivity index (χ0v) is 16.2. The molecule has 0 unspecified atom stereocenters. The standard InChI is InChI=1S/C22H22N2O4/c1-4-27-20-11-17(23-24(20)14-8-6-5-7-9-14)15-10-16-18(25)12-22(2,3)13-19(16)28-21(15)26/h5-11H,4,12-13H2,1-3H3. The van der Waals surface area contributed by atoms with E-state index in [9.17, 15) is 9.59 Å². The summed E-state index contributed by atoms with van der Waals surface area (Å²) in [5, 5.41) is 4.55. The van der Waals surface area contributed by atoms with Gasteiger partial charge in [-0.05, 0) is 30.5 Å². The Kier molecular flexibility index (Phi) is 4.41. The number of ether oxygens (including phenoxy) is 1. The minimum absolute atomic E-state index is 0.0104. The highest BCUT2D eigenvalue weighted by atomic mass is 16.5. The van der Waals surface area contributed by atoms with Gasteiger partial charge in [-0.25, -0.2) is 9.48 Å². The van der Waals surface area contributed by atoms with Gasteiger partial charge in [0, 0.05) is 18.9 Å². The lowest BCUT2D eigenvalue weighted by Crippen LogP contribution is -2.28. The van der Waals surface area contributed by atoms with E-state index < -0.39 is 5.63 Å². The Balaban J connectivity index is 1.83. The second-order valence-electron chi connectivity index (χ2n) is 7.77. The summed E-state index contributed by atoms with van der Waals surface area (Å²) in [6.45, 7) is 6.34. The highest BCUT2D eigenvalue weighted by Gasteiger charge is 2.34. The van der Waals surface area contributed by atoms with Crippen LogP contribution in [0.2, 0.25) is 0 Å². The maximum Gasteiger partial charge on any atom is 0.345 e. The fourth-order valence-corrected chi connectivity index (χ4v) is 3.58. The molecule has 0 saturated carbocycles. The summed E-state index contributed by atoms with van der Waals surface area (Å²) < 4.78 is 12.9. The summed E-state index contributed by atoms with van der Waals surface area (Å²) >= 11 is 0. The van der Waals surface area contributed by atoms with E-state index in [0.29, 0.717) is 42.3 Å². The van der Waals surface area contributed by atoms with Gasteiger partial charge in [0.05, 0.1) is 23.4 Å². The molecule has 6 nitrogen and oxygen atoms in total. The van der Waals surface area contributed by atoms with Gasteiger partial charge in [-0.15, -0.1) is 0 Å². The van der Waals surface area contributed by atoms with E-state index in [1.165, 1.54) is 0 Å². The fourth-order valence-electron chi connectivity index (χ4n) is 3.58. The molecule has 6 heteroatoms. The minimum Gasteiger partial charge on any atom is -0.478 e. The molecule has 4 rings (SSSR count). The van der Waals surface area contributed by atoms with E-state index in [4.69, 9.17) is 9.15 Å². The van der Waals surface area contributed by atoms with Crippen molar-refractivity contribution in [2.45, 2.75) is 33.6 Å². The number of carbonyl (C=O) groups excluding carboxylic acids is 1. The van der Waals surface area contributed by atoms with E-state index in [0.717, 1.165) is 5.69 Å². The van der Waals surface area contributed by atoms with Crippen molar-refractivity contribution in [2.24, 2.45) is 5.41 Å². The molecule has 0 bridgehead atoms. The van der Waals surface area contributed by atoms with E-state index in [-0.39, 0.29) is 16.8 Å². The van der Waals surface area contributed by atoms with Crippen LogP contribution in [-0.4, -0.2) is 22.2 Å². The smallest absolute Gasteiger partial charge is 0.345 e. The number of hydrogen-bond acceptors (Lipinski definition) is 5. The van der Waals surface area contributed by atoms with E-state index in [1.807, 2.05) is 51.1 Å². The van der Waals surface area contributed by atoms with Gasteiger partial charge in [0.2, 0.25) is 5.88 Å². The van der Waals surface area contributed by atoms with Gasteiger partial charge in [0.25, 0.3) is 0 Å². The first-order valence-electron chi connectivity index (χ1n) is 9.37. The molecule has 1 aliphatic rings. The summed E-state index contributed by atoms with van der Waals surface area (Å²) in [5.74, 6) is 0.972. The number of carbonyl (C=O) groups is 1. The Morgan fingerprint density at radius 1 is 1.11 bits per heavy atom. The Morgan fingerprint density at radius 3 is 2.57 bits per heavy atom. The second kappa shape index (κ2) is 6.78. The van der Waals surface area contributed by atoms with Crippen molar-refractivity contribution in [3.05, 3.63) is 64.2 Å². The SMILES string of the molecule is CCOc1cc(-c2cc3c(oc2=O)CC(C)(C)CC3=O)nn1-c1ccccc1. The molecule has 3 aromatic rings. The number of benzene rings is 1. The fraction of sp³-hybridized carbons (Fsp3) is 0.318. The quantitative estimate of drug-likeness (QED) is 0.685. The van der Waals surface area contributed by atoms with Crippen LogP contribution < -0.4 is 10.4 Å². The largest absolute Gasteiger partial charge is 0.478 e. The number of nitrogens with zero attached hydrogens (tertiary/aromatic N) is 2. The first-order chi connectivity index (χ1) is 13.4. The van der Waals surface area contributed by atoms with Crippen molar-refractivity contribution < 1.29 is 13.9 Å². The monoisotopic (exact) mass is 378 g/mol. The normalized spacial score (nSPS) is 15.3. The van der Waals surface area contributed by atoms with Gasteiger partial charge < -0.3 is 9.15 Å². The summed E-state index contributed by atoms with van der Waals surface area (Å²) in [6.07, 6.45) is 0.988. The van der Waals surface area contributed by atoms with Crippen LogP contribution in [0.5, 0.6) is 5.88 Å². The third-order valence-corrected chi connectivity index (χ3v) is 4.85. The Morgan fingerprint density at radius 2 is 1.86 bits per heavy atom. The number of aromatic nitrogens is 2. The summed E-state index contributed by atoms with van der Waals surface area (Å²) in [4.78, 5) is 25.2. The van der Waals surface area contributed by atoms with E-state index in [2.05, 4.69) is 5.10 Å². The molecule has 2 aromatic heterocycles. The summed E-state index contributed by atoms with van der Waals surface area (Å²) in [7, 11) is 0. The Bertz CT molecular complexity index is 1090. The molecular weight excluding hydrogens is 356 g/mol. The second-order valence-corrected chi connectivity index (χ2v) is 7.77. The molecule has 2 heterocycles. The summed E-state index contributed by atoms with van der Waals surface area (Å²) in [6, 6.07) is 12.8. The average Bonchev–Trinajstić information content (AvgIpc) is 3.05. The maximum absolute atomic E-state index is 12.7. The minimum atomic E-state index is -0.495. The molecule has 28 heavy (non-hydrogen) atoms. The third kappa shape index (κ3) is 3.26. The van der Waals surface area contributed by atoms with Crippen molar-refractivity contribution in [1.29, 1.82) is 0 Å². The van der Waals surface area contributed by atoms with Gasteiger partial charge in [-0.1, -0.05) is 32.0 Å². The van der Waals surface area contributed by atoms with Crippen LogP contribution in [0.1, 0.15) is 43.3 Å². The van der Waals surface area contributed by atoms with Crippen molar-refractivity contribution in [1.82, 2.24) is 9.78 Å². The molecule has 0 fully saturated rings. The predicted octanol–water partition coefficient (Wildman–Crippen LogP) is 4.05. The lowest BCUT2D eigenvalue weighted by molar-refractivity contribution is 0.0897. The highest BCUT2D eigenvalue weighted by Crippen LogP contribution is 2.35. The number of hydrogen-bond donors (Lipinski definition) is 0. The van der Waals surface area contributed by atoms with Crippen LogP contribution in [0.3, 0.4) is 0 Å². The number of fused-ring (bicyclic) bond motifs is 1. The molecule has 0 atom stereocenters. The average molecular weight is 378 g/mol. The van der Waals surface area contributed by atoms with E-state index in [1.54, 1.807) is 16.8 Å². The van der Waals surface area contributed by atoms with Gasteiger partial charge >= 0.3 is 5.63 Å². The van der Waals surface area contributed by atoms with Crippen LogP contribution in [0, 0.1) is 5.41 Å². The molecule has 0 aliphatic heterocycles. The molecule has 1 aromatic carbocycles. The molecule has 0 radical (unpaired) electrons. The van der Waals surface area contributed by atoms with Crippen molar-refractivity contribution >= 4 is 5.78 Å². The van der Waals surface area contributed by atoms with Crippen LogP contribution in [0.25, 0.3) is 16.9 Å². The molecule has 0 N–H and O–H groups in total. The molecule has 0 spiro atoms. The Labute approximate surface area is 162 Å². The summed E-state index contributed by atoms with van der Waals surface area (Å²) in [5.41, 5.74) is 1.27. The molecule has 0 saturated heterocycles. The van der Waals surface area contributed by atoms with Gasteiger partial charge in [-0.3, -0.25) is 4.79 Å². The lowest BCUT2D eigenvalue weighted by Gasteiger charge is -2.28. The highest BCUT2D eigenvalue weighted by molar-refractivity contribution is 5.99. The number of Topliss-reactive ketones (excluding diaryl/α,β-unsaturated/α-hetero) is 1. The van der Waals surface area contributed by atoms with Crippen LogP contribution >= 0.6 is 0 Å². The third-order valence-electron chi connectivity index (χ3n) is 4.85. The number of para-hydroxylation sites is 1. The number of rotatable bonds is 4. The molecule has 0 amide bonds. The van der Waals surface area contributed by atoms with Crippen LogP contribution in [0.15, 0.2) is 51.7 Å². The first-order valence-corrected chi connectivity index (χ1v) is 9.37. The number of ketones is 1. The zero-order chi connectivity index (χ0) is 19.9. The van der Waals surface area contributed by atoms with Crippen LogP contribution in [-0.2, 0) is 6.42 Å².